The first-order chi connectivity index (χ1) is 8.56. The maximum Gasteiger partial charge on any atom is 0.251 e. The van der Waals surface area contributed by atoms with Crippen molar-refractivity contribution in [3.05, 3.63) is 17.0 Å². The fourth-order valence-corrected chi connectivity index (χ4v) is 2.78. The van der Waals surface area contributed by atoms with E-state index >= 15 is 0 Å². The van der Waals surface area contributed by atoms with Crippen molar-refractivity contribution in [2.45, 2.75) is 12.5 Å². The average Bonchev–Trinajstić information content (AvgIpc) is 2.87. The molecule has 0 saturated carbocycles. The number of primary amides is 1. The summed E-state index contributed by atoms with van der Waals surface area (Å²) < 4.78 is 0. The molecule has 1 aliphatic heterocycles. The molecule has 1 aliphatic rings. The Morgan fingerprint density at radius 3 is 2.94 bits per heavy atom. The molecule has 2 amide bonds. The molecule has 0 aromatic carbocycles. The van der Waals surface area contributed by atoms with Crippen LogP contribution in [0.1, 0.15) is 16.8 Å². The molecule has 0 aliphatic carbocycles. The van der Waals surface area contributed by atoms with Crippen LogP contribution in [0, 0.1) is 0 Å². The molecule has 1 fully saturated rings. The van der Waals surface area contributed by atoms with Gasteiger partial charge in [0.1, 0.15) is 5.00 Å². The van der Waals surface area contributed by atoms with Crippen molar-refractivity contribution < 1.29 is 9.59 Å². The average molecular weight is 268 g/mol. The quantitative estimate of drug-likeness (QED) is 0.705. The first-order valence-electron chi connectivity index (χ1n) is 5.71. The van der Waals surface area contributed by atoms with Gasteiger partial charge in [-0.2, -0.15) is 0 Å². The monoisotopic (exact) mass is 268 g/mol. The standard InChI is InChI=1S/C11H16N4O2S/c12-7-1-3-15(5-7)6-9(16)14-11-8(10(13)17)2-4-18-11/h2,4,7H,1,3,5-6,12H2,(H2,13,17)(H,14,16)/t7-/m0/s1. The lowest BCUT2D eigenvalue weighted by atomic mass is 10.3. The Morgan fingerprint density at radius 2 is 2.33 bits per heavy atom. The van der Waals surface area contributed by atoms with Crippen molar-refractivity contribution in [2.75, 3.05) is 25.0 Å². The second-order valence-corrected chi connectivity index (χ2v) is 5.28. The van der Waals surface area contributed by atoms with Crippen LogP contribution in [0.15, 0.2) is 11.4 Å². The summed E-state index contributed by atoms with van der Waals surface area (Å²) in [6.45, 7) is 1.87. The molecule has 1 saturated heterocycles. The van der Waals surface area contributed by atoms with Gasteiger partial charge in [0.2, 0.25) is 5.91 Å². The number of carbonyl (C=O) groups is 2. The largest absolute Gasteiger partial charge is 0.366 e. The first kappa shape index (κ1) is 13.0. The second-order valence-electron chi connectivity index (χ2n) is 4.36. The molecule has 0 bridgehead atoms. The highest BCUT2D eigenvalue weighted by atomic mass is 32.1. The molecule has 1 aromatic heterocycles. The molecule has 1 atom stereocenters. The van der Waals surface area contributed by atoms with E-state index in [-0.39, 0.29) is 11.9 Å². The number of amides is 2. The lowest BCUT2D eigenvalue weighted by molar-refractivity contribution is -0.117. The zero-order valence-electron chi connectivity index (χ0n) is 9.89. The van der Waals surface area contributed by atoms with Gasteiger partial charge in [-0.05, 0) is 17.9 Å². The fraction of sp³-hybridized carbons (Fsp3) is 0.455. The van der Waals surface area contributed by atoms with Crippen LogP contribution in [-0.4, -0.2) is 42.4 Å². The molecule has 0 radical (unpaired) electrons. The van der Waals surface area contributed by atoms with Crippen molar-refractivity contribution in [1.29, 1.82) is 0 Å². The molecule has 18 heavy (non-hydrogen) atoms. The third-order valence-corrected chi connectivity index (χ3v) is 3.69. The zero-order chi connectivity index (χ0) is 13.1. The topological polar surface area (TPSA) is 101 Å². The highest BCUT2D eigenvalue weighted by Gasteiger charge is 2.21. The molecule has 98 valence electrons. The van der Waals surface area contributed by atoms with Gasteiger partial charge in [0.15, 0.2) is 0 Å². The second kappa shape index (κ2) is 5.47. The Morgan fingerprint density at radius 1 is 1.56 bits per heavy atom. The molecule has 6 nitrogen and oxygen atoms in total. The van der Waals surface area contributed by atoms with Crippen molar-refractivity contribution >= 4 is 28.2 Å². The van der Waals surface area contributed by atoms with Crippen LogP contribution in [0.25, 0.3) is 0 Å². The SMILES string of the molecule is NC(=O)c1ccsc1NC(=O)CN1CC[C@H](N)C1. The highest BCUT2D eigenvalue weighted by Crippen LogP contribution is 2.22. The lowest BCUT2D eigenvalue weighted by Crippen LogP contribution is -2.33. The number of hydrogen-bond donors (Lipinski definition) is 3. The predicted molar refractivity (Wildman–Crippen MR) is 70.5 cm³/mol. The van der Waals surface area contributed by atoms with Crippen molar-refractivity contribution in [2.24, 2.45) is 11.5 Å². The van der Waals surface area contributed by atoms with Gasteiger partial charge in [-0.3, -0.25) is 14.5 Å². The molecule has 2 rings (SSSR count). The van der Waals surface area contributed by atoms with Crippen LogP contribution in [0.5, 0.6) is 0 Å². The van der Waals surface area contributed by atoms with E-state index in [0.29, 0.717) is 17.1 Å². The summed E-state index contributed by atoms with van der Waals surface area (Å²) in [6.07, 6.45) is 0.915. The van der Waals surface area contributed by atoms with Gasteiger partial charge in [0.05, 0.1) is 12.1 Å². The van der Waals surface area contributed by atoms with Gasteiger partial charge in [0.25, 0.3) is 5.91 Å². The van der Waals surface area contributed by atoms with E-state index in [2.05, 4.69) is 5.32 Å². The van der Waals surface area contributed by atoms with Crippen molar-refractivity contribution in [3.8, 4) is 0 Å². The smallest absolute Gasteiger partial charge is 0.251 e. The van der Waals surface area contributed by atoms with E-state index < -0.39 is 5.91 Å². The molecule has 1 aromatic rings. The van der Waals surface area contributed by atoms with Gasteiger partial charge in [-0.25, -0.2) is 0 Å². The van der Waals surface area contributed by atoms with Crippen LogP contribution in [0.3, 0.4) is 0 Å². The summed E-state index contributed by atoms with van der Waals surface area (Å²) in [6, 6.07) is 1.76. The molecule has 0 spiro atoms. The van der Waals surface area contributed by atoms with E-state index in [4.69, 9.17) is 11.5 Å². The number of anilines is 1. The molecular weight excluding hydrogens is 252 g/mol. The number of carbonyl (C=O) groups excluding carboxylic acids is 2. The number of thiophene rings is 1. The molecule has 5 N–H and O–H groups in total. The zero-order valence-corrected chi connectivity index (χ0v) is 10.7. The van der Waals surface area contributed by atoms with E-state index in [1.165, 1.54) is 11.3 Å². The maximum atomic E-state index is 11.8. The number of nitrogens with one attached hydrogen (secondary N) is 1. The van der Waals surface area contributed by atoms with Gasteiger partial charge >= 0.3 is 0 Å². The van der Waals surface area contributed by atoms with Crippen LogP contribution >= 0.6 is 11.3 Å². The normalized spacial score (nSPS) is 19.9. The summed E-state index contributed by atoms with van der Waals surface area (Å²) in [4.78, 5) is 24.9. The predicted octanol–water partition coefficient (Wildman–Crippen LogP) is -0.182. The minimum atomic E-state index is -0.533. The van der Waals surface area contributed by atoms with Crippen LogP contribution in [0.2, 0.25) is 0 Å². The Balaban J connectivity index is 1.91. The Hall–Kier alpha value is -1.44. The Bertz CT molecular complexity index is 460. The van der Waals surface area contributed by atoms with E-state index in [1.807, 2.05) is 4.90 Å². The number of nitrogens with two attached hydrogens (primary N) is 2. The van der Waals surface area contributed by atoms with Crippen LogP contribution in [0.4, 0.5) is 5.00 Å². The minimum Gasteiger partial charge on any atom is -0.366 e. The number of nitrogens with zero attached hydrogens (tertiary/aromatic N) is 1. The van der Waals surface area contributed by atoms with Crippen molar-refractivity contribution in [1.82, 2.24) is 4.90 Å². The summed E-state index contributed by atoms with van der Waals surface area (Å²) in [7, 11) is 0. The van der Waals surface area contributed by atoms with Gasteiger partial charge in [0, 0.05) is 19.1 Å². The summed E-state index contributed by atoms with van der Waals surface area (Å²) in [5.74, 6) is -0.677. The number of rotatable bonds is 4. The highest BCUT2D eigenvalue weighted by molar-refractivity contribution is 7.14. The summed E-state index contributed by atoms with van der Waals surface area (Å²) >= 11 is 1.29. The fourth-order valence-electron chi connectivity index (χ4n) is 1.98. The molecule has 2 heterocycles. The minimum absolute atomic E-state index is 0.144. The Kier molecular flexibility index (Phi) is 3.95. The number of hydrogen-bond acceptors (Lipinski definition) is 5. The summed E-state index contributed by atoms with van der Waals surface area (Å²) in [5, 5.41) is 4.94. The maximum absolute atomic E-state index is 11.8. The van der Waals surface area contributed by atoms with Crippen molar-refractivity contribution in [3.63, 3.8) is 0 Å². The first-order valence-corrected chi connectivity index (χ1v) is 6.59. The molecular formula is C11H16N4O2S. The molecule has 0 unspecified atom stereocenters. The third kappa shape index (κ3) is 3.06. The van der Waals surface area contributed by atoms with Gasteiger partial charge in [-0.1, -0.05) is 0 Å². The molecule has 7 heteroatoms. The summed E-state index contributed by atoms with van der Waals surface area (Å²) in [5.41, 5.74) is 11.3. The van der Waals surface area contributed by atoms with E-state index in [0.717, 1.165) is 19.5 Å². The lowest BCUT2D eigenvalue weighted by Gasteiger charge is -2.14. The van der Waals surface area contributed by atoms with Crippen LogP contribution < -0.4 is 16.8 Å². The van der Waals surface area contributed by atoms with Gasteiger partial charge < -0.3 is 16.8 Å². The number of likely N-dealkylation sites (tertiary alicyclic amines) is 1. The van der Waals surface area contributed by atoms with E-state index in [1.54, 1.807) is 11.4 Å². The Labute approximate surface area is 109 Å². The third-order valence-electron chi connectivity index (χ3n) is 2.86. The van der Waals surface area contributed by atoms with E-state index in [9.17, 15) is 9.59 Å². The van der Waals surface area contributed by atoms with Gasteiger partial charge in [-0.15, -0.1) is 11.3 Å². The van der Waals surface area contributed by atoms with Crippen LogP contribution in [-0.2, 0) is 4.79 Å².